The fraction of sp³-hybridized carbons (Fsp3) is 0.250. The van der Waals surface area contributed by atoms with Crippen LogP contribution < -0.4 is 19.9 Å². The summed E-state index contributed by atoms with van der Waals surface area (Å²) in [6.07, 6.45) is 0. The van der Waals surface area contributed by atoms with E-state index in [1.165, 1.54) is 0 Å². The van der Waals surface area contributed by atoms with Crippen LogP contribution in [0.15, 0.2) is 40.9 Å². The summed E-state index contributed by atoms with van der Waals surface area (Å²) in [6.45, 7) is 1.90. The third-order valence-electron chi connectivity index (χ3n) is 3.06. The molecule has 0 saturated heterocycles. The van der Waals surface area contributed by atoms with Crippen LogP contribution in [-0.4, -0.2) is 14.2 Å². The standard InChI is InChI=1S/C16H18BrNO3/c1-10(18)16-14(20-3)5-4-6-15(16)21-13-8-7-11(19-2)9-12(13)17/h4-10H,18H2,1-3H3/t10-/m0/s1. The molecule has 0 aliphatic rings. The van der Waals surface area contributed by atoms with Crippen LogP contribution in [0.25, 0.3) is 0 Å². The molecule has 2 N–H and O–H groups in total. The first-order chi connectivity index (χ1) is 10.1. The molecule has 112 valence electrons. The molecule has 21 heavy (non-hydrogen) atoms. The van der Waals surface area contributed by atoms with Gasteiger partial charge in [0.15, 0.2) is 0 Å². The monoisotopic (exact) mass is 351 g/mol. The zero-order chi connectivity index (χ0) is 15.4. The second kappa shape index (κ2) is 6.83. The van der Waals surface area contributed by atoms with Crippen molar-refractivity contribution in [3.8, 4) is 23.0 Å². The summed E-state index contributed by atoms with van der Waals surface area (Å²) in [4.78, 5) is 0. The van der Waals surface area contributed by atoms with E-state index in [-0.39, 0.29) is 6.04 Å². The number of rotatable bonds is 5. The maximum absolute atomic E-state index is 6.04. The highest BCUT2D eigenvalue weighted by molar-refractivity contribution is 9.10. The number of halogens is 1. The minimum Gasteiger partial charge on any atom is -0.497 e. The number of ether oxygens (including phenoxy) is 3. The third-order valence-corrected chi connectivity index (χ3v) is 3.68. The molecule has 0 aliphatic heterocycles. The lowest BCUT2D eigenvalue weighted by atomic mass is 10.1. The maximum Gasteiger partial charge on any atom is 0.141 e. The van der Waals surface area contributed by atoms with E-state index in [9.17, 15) is 0 Å². The summed E-state index contributed by atoms with van der Waals surface area (Å²) in [5.41, 5.74) is 6.87. The molecule has 0 fully saturated rings. The molecular formula is C16H18BrNO3. The predicted octanol–water partition coefficient (Wildman–Crippen LogP) is 4.28. The Labute approximate surface area is 132 Å². The van der Waals surface area contributed by atoms with Gasteiger partial charge in [-0.05, 0) is 53.2 Å². The molecule has 4 nitrogen and oxygen atoms in total. The van der Waals surface area contributed by atoms with E-state index in [4.69, 9.17) is 19.9 Å². The average molecular weight is 352 g/mol. The van der Waals surface area contributed by atoms with Gasteiger partial charge < -0.3 is 19.9 Å². The van der Waals surface area contributed by atoms with Crippen molar-refractivity contribution in [1.29, 1.82) is 0 Å². The molecular weight excluding hydrogens is 334 g/mol. The van der Waals surface area contributed by atoms with Crippen molar-refractivity contribution in [2.24, 2.45) is 5.73 Å². The Morgan fingerprint density at radius 2 is 1.71 bits per heavy atom. The lowest BCUT2D eigenvalue weighted by Gasteiger charge is -2.17. The number of hydrogen-bond acceptors (Lipinski definition) is 4. The highest BCUT2D eigenvalue weighted by Crippen LogP contribution is 2.38. The van der Waals surface area contributed by atoms with Crippen LogP contribution in [0, 0.1) is 0 Å². The summed E-state index contributed by atoms with van der Waals surface area (Å²) in [7, 11) is 3.24. The first-order valence-electron chi connectivity index (χ1n) is 6.50. The molecule has 0 aromatic heterocycles. The Morgan fingerprint density at radius 3 is 2.29 bits per heavy atom. The number of benzene rings is 2. The summed E-state index contributed by atoms with van der Waals surface area (Å²) >= 11 is 3.48. The molecule has 1 atom stereocenters. The van der Waals surface area contributed by atoms with E-state index in [1.807, 2.05) is 43.3 Å². The minimum atomic E-state index is -0.201. The first kappa shape index (κ1) is 15.7. The van der Waals surface area contributed by atoms with Gasteiger partial charge >= 0.3 is 0 Å². The molecule has 2 aromatic rings. The molecule has 2 aromatic carbocycles. The Bertz CT molecular complexity index is 629. The Morgan fingerprint density at radius 1 is 1.00 bits per heavy atom. The molecule has 5 heteroatoms. The second-order valence-electron chi connectivity index (χ2n) is 4.56. The van der Waals surface area contributed by atoms with Crippen LogP contribution >= 0.6 is 15.9 Å². The molecule has 0 bridgehead atoms. The largest absolute Gasteiger partial charge is 0.497 e. The zero-order valence-corrected chi connectivity index (χ0v) is 13.8. The fourth-order valence-electron chi connectivity index (χ4n) is 2.05. The molecule has 2 rings (SSSR count). The number of nitrogens with two attached hydrogens (primary N) is 1. The van der Waals surface area contributed by atoms with Gasteiger partial charge in [0.2, 0.25) is 0 Å². The van der Waals surface area contributed by atoms with Gasteiger partial charge in [0.25, 0.3) is 0 Å². The summed E-state index contributed by atoms with van der Waals surface area (Å²) in [6, 6.07) is 10.9. The molecule has 0 unspecified atom stereocenters. The summed E-state index contributed by atoms with van der Waals surface area (Å²) in [5.74, 6) is 2.83. The summed E-state index contributed by atoms with van der Waals surface area (Å²) < 4.78 is 17.3. The van der Waals surface area contributed by atoms with E-state index in [0.29, 0.717) is 17.2 Å². The first-order valence-corrected chi connectivity index (χ1v) is 7.30. The van der Waals surface area contributed by atoms with Gasteiger partial charge in [0.1, 0.15) is 23.0 Å². The molecule has 0 saturated carbocycles. The van der Waals surface area contributed by atoms with Crippen molar-refractivity contribution in [3.63, 3.8) is 0 Å². The van der Waals surface area contributed by atoms with Crippen molar-refractivity contribution < 1.29 is 14.2 Å². The van der Waals surface area contributed by atoms with Gasteiger partial charge in [0, 0.05) is 6.04 Å². The number of hydrogen-bond donors (Lipinski definition) is 1. The highest BCUT2D eigenvalue weighted by Gasteiger charge is 2.16. The lowest BCUT2D eigenvalue weighted by molar-refractivity contribution is 0.396. The van der Waals surface area contributed by atoms with E-state index >= 15 is 0 Å². The number of methoxy groups -OCH3 is 2. The Balaban J connectivity index is 2.40. The van der Waals surface area contributed by atoms with Crippen molar-refractivity contribution in [1.82, 2.24) is 0 Å². The molecule has 0 aliphatic carbocycles. The normalized spacial score (nSPS) is 11.9. The van der Waals surface area contributed by atoms with Gasteiger partial charge in [-0.1, -0.05) is 6.07 Å². The lowest BCUT2D eigenvalue weighted by Crippen LogP contribution is -2.08. The van der Waals surface area contributed by atoms with Crippen LogP contribution in [0.2, 0.25) is 0 Å². The third kappa shape index (κ3) is 3.49. The van der Waals surface area contributed by atoms with Gasteiger partial charge in [-0.25, -0.2) is 0 Å². The van der Waals surface area contributed by atoms with Crippen LogP contribution in [0.3, 0.4) is 0 Å². The van der Waals surface area contributed by atoms with E-state index in [0.717, 1.165) is 15.8 Å². The van der Waals surface area contributed by atoms with E-state index in [1.54, 1.807) is 14.2 Å². The smallest absolute Gasteiger partial charge is 0.141 e. The summed E-state index contributed by atoms with van der Waals surface area (Å²) in [5, 5.41) is 0. The van der Waals surface area contributed by atoms with E-state index in [2.05, 4.69) is 15.9 Å². The van der Waals surface area contributed by atoms with Crippen LogP contribution in [0.1, 0.15) is 18.5 Å². The predicted molar refractivity (Wildman–Crippen MR) is 86.4 cm³/mol. The minimum absolute atomic E-state index is 0.201. The zero-order valence-electron chi connectivity index (χ0n) is 12.2. The van der Waals surface area contributed by atoms with Crippen molar-refractivity contribution in [3.05, 3.63) is 46.4 Å². The van der Waals surface area contributed by atoms with Crippen LogP contribution in [-0.2, 0) is 0 Å². The van der Waals surface area contributed by atoms with Crippen molar-refractivity contribution >= 4 is 15.9 Å². The van der Waals surface area contributed by atoms with Gasteiger partial charge in [-0.3, -0.25) is 0 Å². The highest BCUT2D eigenvalue weighted by atomic mass is 79.9. The fourth-order valence-corrected chi connectivity index (χ4v) is 2.49. The van der Waals surface area contributed by atoms with E-state index < -0.39 is 0 Å². The van der Waals surface area contributed by atoms with Crippen LogP contribution in [0.4, 0.5) is 0 Å². The SMILES string of the molecule is COc1ccc(Oc2cccc(OC)c2[C@H](C)N)c(Br)c1. The Hall–Kier alpha value is -1.72. The van der Waals surface area contributed by atoms with Crippen molar-refractivity contribution in [2.45, 2.75) is 13.0 Å². The van der Waals surface area contributed by atoms with Gasteiger partial charge in [0.05, 0.1) is 24.3 Å². The van der Waals surface area contributed by atoms with Gasteiger partial charge in [-0.2, -0.15) is 0 Å². The molecule has 0 spiro atoms. The second-order valence-corrected chi connectivity index (χ2v) is 5.41. The maximum atomic E-state index is 6.04. The quantitative estimate of drug-likeness (QED) is 0.873. The Kier molecular flexibility index (Phi) is 5.09. The van der Waals surface area contributed by atoms with Crippen molar-refractivity contribution in [2.75, 3.05) is 14.2 Å². The average Bonchev–Trinajstić information content (AvgIpc) is 2.48. The molecule has 0 radical (unpaired) electrons. The molecule has 0 amide bonds. The van der Waals surface area contributed by atoms with Gasteiger partial charge in [-0.15, -0.1) is 0 Å². The topological polar surface area (TPSA) is 53.7 Å². The van der Waals surface area contributed by atoms with Crippen LogP contribution in [0.5, 0.6) is 23.0 Å². The molecule has 0 heterocycles.